The maximum absolute atomic E-state index is 13.1. The molecule has 0 amide bonds. The van der Waals surface area contributed by atoms with E-state index >= 15 is 0 Å². The zero-order valence-corrected chi connectivity index (χ0v) is 16.3. The number of benzene rings is 2. The first-order valence-corrected chi connectivity index (χ1v) is 10.7. The second kappa shape index (κ2) is 5.90. The number of halogens is 3. The van der Waals surface area contributed by atoms with Crippen LogP contribution in [-0.4, -0.2) is 4.57 Å². The summed E-state index contributed by atoms with van der Waals surface area (Å²) in [4.78, 5) is 0. The molecule has 3 aromatic rings. The van der Waals surface area contributed by atoms with E-state index in [9.17, 15) is 13.2 Å². The molecule has 0 unspecified atom stereocenters. The largest absolute Gasteiger partial charge is 0.416 e. The topological polar surface area (TPSA) is 4.93 Å². The lowest BCUT2D eigenvalue weighted by Gasteiger charge is -2.58. The summed E-state index contributed by atoms with van der Waals surface area (Å²) in [6.07, 6.45) is 3.45. The van der Waals surface area contributed by atoms with Gasteiger partial charge in [-0.1, -0.05) is 30.3 Å². The number of rotatable bonds is 2. The summed E-state index contributed by atoms with van der Waals surface area (Å²) in [6, 6.07) is 16.3. The molecule has 4 aliphatic rings. The molecular weight excluding hydrogens is 371 g/mol. The fourth-order valence-corrected chi connectivity index (χ4v) is 7.05. The van der Waals surface area contributed by atoms with E-state index in [-0.39, 0.29) is 5.54 Å². The third-order valence-corrected chi connectivity index (χ3v) is 7.70. The summed E-state index contributed by atoms with van der Waals surface area (Å²) in [7, 11) is 0. The molecular formula is C25H24F3N. The summed E-state index contributed by atoms with van der Waals surface area (Å²) in [6.45, 7) is 0. The number of nitrogens with zero attached hydrogens (tertiary/aromatic N) is 1. The van der Waals surface area contributed by atoms with E-state index in [1.807, 2.05) is 6.07 Å². The zero-order valence-electron chi connectivity index (χ0n) is 16.3. The smallest absolute Gasteiger partial charge is 0.334 e. The van der Waals surface area contributed by atoms with Gasteiger partial charge in [0.1, 0.15) is 0 Å². The fourth-order valence-electron chi connectivity index (χ4n) is 7.05. The number of fused-ring (bicyclic) bond motifs is 1. The van der Waals surface area contributed by atoms with Gasteiger partial charge in [0.05, 0.1) is 5.56 Å². The molecule has 4 fully saturated rings. The van der Waals surface area contributed by atoms with Gasteiger partial charge in [0.2, 0.25) is 0 Å². The van der Waals surface area contributed by atoms with Crippen molar-refractivity contribution in [1.82, 2.24) is 4.57 Å². The number of hydrogen-bond donors (Lipinski definition) is 0. The Hall–Kier alpha value is -2.23. The van der Waals surface area contributed by atoms with Crippen molar-refractivity contribution in [3.8, 4) is 11.3 Å². The highest BCUT2D eigenvalue weighted by atomic mass is 19.4. The number of alkyl halides is 3. The van der Waals surface area contributed by atoms with Gasteiger partial charge in [0.15, 0.2) is 0 Å². The lowest BCUT2D eigenvalue weighted by molar-refractivity contribution is -0.137. The van der Waals surface area contributed by atoms with Crippen molar-refractivity contribution in [2.24, 2.45) is 17.8 Å². The fraction of sp³-hybridized carbons (Fsp3) is 0.440. The number of aromatic nitrogens is 1. The predicted octanol–water partition coefficient (Wildman–Crippen LogP) is 7.25. The molecule has 4 saturated carbocycles. The van der Waals surface area contributed by atoms with Gasteiger partial charge in [-0.2, -0.15) is 13.2 Å². The molecule has 7 rings (SSSR count). The van der Waals surface area contributed by atoms with E-state index in [1.54, 1.807) is 12.1 Å². The SMILES string of the molecule is FC(F)(F)c1ccc(-c2cc3ccccc3n2C23CC4CC(CC(C4)C2)C3)cc1. The van der Waals surface area contributed by atoms with Crippen LogP contribution >= 0.6 is 0 Å². The third-order valence-electron chi connectivity index (χ3n) is 7.70. The van der Waals surface area contributed by atoms with Crippen LogP contribution in [0.4, 0.5) is 13.2 Å². The molecule has 0 aliphatic heterocycles. The summed E-state index contributed by atoms with van der Waals surface area (Å²) in [5.74, 6) is 2.42. The predicted molar refractivity (Wildman–Crippen MR) is 109 cm³/mol. The van der Waals surface area contributed by atoms with Crippen molar-refractivity contribution in [2.75, 3.05) is 0 Å². The molecule has 0 atom stereocenters. The second-order valence-corrected chi connectivity index (χ2v) is 9.64. The summed E-state index contributed by atoms with van der Waals surface area (Å²) in [5, 5.41) is 1.18. The lowest BCUT2D eigenvalue weighted by atomic mass is 9.53. The first kappa shape index (κ1) is 17.6. The summed E-state index contributed by atoms with van der Waals surface area (Å²) >= 11 is 0. The Morgan fingerprint density at radius 3 is 1.97 bits per heavy atom. The quantitative estimate of drug-likeness (QED) is 0.430. The van der Waals surface area contributed by atoms with Gasteiger partial charge in [-0.05, 0) is 86.1 Å². The summed E-state index contributed by atoms with van der Waals surface area (Å²) in [5.41, 5.74) is 2.71. The van der Waals surface area contributed by atoms with Gasteiger partial charge in [-0.3, -0.25) is 0 Å². The highest BCUT2D eigenvalue weighted by molar-refractivity contribution is 5.87. The molecule has 0 N–H and O–H groups in total. The van der Waals surface area contributed by atoms with Crippen LogP contribution in [0.3, 0.4) is 0 Å². The van der Waals surface area contributed by atoms with Crippen LogP contribution in [0.5, 0.6) is 0 Å². The minimum absolute atomic E-state index is 0.121. The first-order valence-electron chi connectivity index (χ1n) is 10.7. The van der Waals surface area contributed by atoms with Crippen LogP contribution in [0.25, 0.3) is 22.2 Å². The van der Waals surface area contributed by atoms with E-state index in [0.717, 1.165) is 29.0 Å². The van der Waals surface area contributed by atoms with Crippen molar-refractivity contribution < 1.29 is 13.2 Å². The molecule has 0 radical (unpaired) electrons. The van der Waals surface area contributed by atoms with Gasteiger partial charge in [0, 0.05) is 22.1 Å². The normalized spacial score (nSPS) is 30.9. The number of hydrogen-bond acceptors (Lipinski definition) is 0. The monoisotopic (exact) mass is 395 g/mol. The van der Waals surface area contributed by atoms with Crippen molar-refractivity contribution in [2.45, 2.75) is 50.2 Å². The van der Waals surface area contributed by atoms with E-state index in [0.29, 0.717) is 0 Å². The molecule has 0 spiro atoms. The van der Waals surface area contributed by atoms with Crippen molar-refractivity contribution in [3.63, 3.8) is 0 Å². The van der Waals surface area contributed by atoms with Gasteiger partial charge >= 0.3 is 6.18 Å². The second-order valence-electron chi connectivity index (χ2n) is 9.64. The molecule has 2 aromatic carbocycles. The van der Waals surface area contributed by atoms with Gasteiger partial charge < -0.3 is 4.57 Å². The Labute approximate surface area is 168 Å². The third kappa shape index (κ3) is 2.68. The minimum Gasteiger partial charge on any atom is -0.334 e. The summed E-state index contributed by atoms with van der Waals surface area (Å²) < 4.78 is 41.7. The van der Waals surface area contributed by atoms with Gasteiger partial charge in [0.25, 0.3) is 0 Å². The van der Waals surface area contributed by atoms with Crippen LogP contribution in [0, 0.1) is 17.8 Å². The van der Waals surface area contributed by atoms with E-state index < -0.39 is 11.7 Å². The average molecular weight is 395 g/mol. The van der Waals surface area contributed by atoms with Crippen molar-refractivity contribution in [3.05, 3.63) is 60.2 Å². The average Bonchev–Trinajstić information content (AvgIpc) is 3.07. The van der Waals surface area contributed by atoms with Crippen molar-refractivity contribution >= 4 is 10.9 Å². The van der Waals surface area contributed by atoms with Crippen LogP contribution in [0.2, 0.25) is 0 Å². The molecule has 4 bridgehead atoms. The number of para-hydroxylation sites is 1. The molecule has 29 heavy (non-hydrogen) atoms. The van der Waals surface area contributed by atoms with Crippen LogP contribution in [0.1, 0.15) is 44.1 Å². The lowest BCUT2D eigenvalue weighted by Crippen LogP contribution is -2.51. The van der Waals surface area contributed by atoms with E-state index in [1.165, 1.54) is 61.6 Å². The Kier molecular flexibility index (Phi) is 3.58. The molecule has 4 heteroatoms. The Bertz CT molecular complexity index is 1040. The van der Waals surface area contributed by atoms with Crippen LogP contribution in [0.15, 0.2) is 54.6 Å². The highest BCUT2D eigenvalue weighted by Crippen LogP contribution is 2.60. The molecule has 0 saturated heterocycles. The molecule has 1 nitrogen and oxygen atoms in total. The van der Waals surface area contributed by atoms with Gasteiger partial charge in [-0.25, -0.2) is 0 Å². The van der Waals surface area contributed by atoms with Gasteiger partial charge in [-0.15, -0.1) is 0 Å². The molecule has 1 heterocycles. The molecule has 4 aliphatic carbocycles. The maximum atomic E-state index is 13.1. The molecule has 150 valence electrons. The zero-order chi connectivity index (χ0) is 19.8. The minimum atomic E-state index is -4.30. The van der Waals surface area contributed by atoms with Crippen LogP contribution in [-0.2, 0) is 11.7 Å². The first-order chi connectivity index (χ1) is 13.9. The van der Waals surface area contributed by atoms with E-state index in [2.05, 4.69) is 28.8 Å². The Balaban J connectivity index is 1.54. The molecule has 1 aromatic heterocycles. The van der Waals surface area contributed by atoms with Crippen molar-refractivity contribution in [1.29, 1.82) is 0 Å². The van der Waals surface area contributed by atoms with Crippen LogP contribution < -0.4 is 0 Å². The standard InChI is InChI=1S/C25H24F3N/c26-25(27,28)21-7-5-19(6-8-21)23-12-20-3-1-2-4-22(20)29(23)24-13-16-9-17(14-24)11-18(10-16)15-24/h1-8,12,16-18H,9-11,13-15H2. The highest BCUT2D eigenvalue weighted by Gasteiger charge is 2.52. The Morgan fingerprint density at radius 1 is 0.793 bits per heavy atom. The Morgan fingerprint density at radius 2 is 1.38 bits per heavy atom. The van der Waals surface area contributed by atoms with E-state index in [4.69, 9.17) is 0 Å². The maximum Gasteiger partial charge on any atom is 0.416 e.